The fourth-order valence-electron chi connectivity index (χ4n) is 6.64. The molecule has 31 heavy (non-hydrogen) atoms. The smallest absolute Gasteiger partial charge is 0.274 e. The molecule has 2 amide bonds. The van der Waals surface area contributed by atoms with E-state index in [1.807, 2.05) is 18.2 Å². The van der Waals surface area contributed by atoms with Gasteiger partial charge in [0.1, 0.15) is 0 Å². The maximum absolute atomic E-state index is 13.7. The van der Waals surface area contributed by atoms with E-state index in [4.69, 9.17) is 0 Å². The van der Waals surface area contributed by atoms with Crippen LogP contribution in [-0.2, 0) is 11.2 Å². The zero-order valence-corrected chi connectivity index (χ0v) is 18.3. The molecule has 6 heteroatoms. The molecule has 1 aromatic carbocycles. The molecule has 3 fully saturated rings. The van der Waals surface area contributed by atoms with Crippen LogP contribution in [0.15, 0.2) is 48.7 Å². The second kappa shape index (κ2) is 7.74. The maximum atomic E-state index is 13.7. The van der Waals surface area contributed by atoms with Gasteiger partial charge in [-0.15, -0.1) is 5.10 Å². The molecule has 2 aromatic rings. The van der Waals surface area contributed by atoms with E-state index in [9.17, 15) is 9.59 Å². The van der Waals surface area contributed by atoms with Crippen molar-refractivity contribution in [3.63, 3.8) is 0 Å². The number of rotatable bonds is 3. The van der Waals surface area contributed by atoms with Gasteiger partial charge in [-0.1, -0.05) is 50.1 Å². The quantitative estimate of drug-likeness (QED) is 0.765. The van der Waals surface area contributed by atoms with Crippen LogP contribution < -0.4 is 0 Å². The molecule has 1 aliphatic carbocycles. The highest BCUT2D eigenvalue weighted by Gasteiger charge is 2.63. The van der Waals surface area contributed by atoms with E-state index < -0.39 is 0 Å². The highest BCUT2D eigenvalue weighted by molar-refractivity contribution is 5.93. The van der Waals surface area contributed by atoms with Crippen LogP contribution in [0.5, 0.6) is 0 Å². The Kier molecular flexibility index (Phi) is 5.03. The summed E-state index contributed by atoms with van der Waals surface area (Å²) in [5.74, 6) is 0.0762. The fourth-order valence-corrected chi connectivity index (χ4v) is 6.64. The normalized spacial score (nSPS) is 31.9. The zero-order valence-electron chi connectivity index (χ0n) is 18.3. The monoisotopic (exact) mass is 418 g/mol. The minimum Gasteiger partial charge on any atom is -0.334 e. The van der Waals surface area contributed by atoms with Gasteiger partial charge >= 0.3 is 0 Å². The Bertz CT molecular complexity index is 966. The van der Waals surface area contributed by atoms with Crippen molar-refractivity contribution < 1.29 is 9.59 Å². The molecular formula is C25H30N4O2. The van der Waals surface area contributed by atoms with E-state index >= 15 is 0 Å². The number of carbonyl (C=O) groups excluding carboxylic acids is 2. The lowest BCUT2D eigenvalue weighted by Gasteiger charge is -2.50. The number of fused-ring (bicyclic) bond motifs is 1. The van der Waals surface area contributed by atoms with Gasteiger partial charge in [-0.25, -0.2) is 0 Å². The maximum Gasteiger partial charge on any atom is 0.274 e. The number of hydrogen-bond acceptors (Lipinski definition) is 4. The van der Waals surface area contributed by atoms with E-state index in [0.29, 0.717) is 5.69 Å². The van der Waals surface area contributed by atoms with Gasteiger partial charge in [-0.05, 0) is 43.4 Å². The van der Waals surface area contributed by atoms with Crippen molar-refractivity contribution in [2.75, 3.05) is 0 Å². The van der Waals surface area contributed by atoms with Gasteiger partial charge in [0, 0.05) is 30.6 Å². The molecule has 3 aliphatic rings. The van der Waals surface area contributed by atoms with E-state index in [1.165, 1.54) is 5.56 Å². The first-order valence-corrected chi connectivity index (χ1v) is 11.4. The molecule has 0 unspecified atom stereocenters. The Balaban J connectivity index is 1.61. The molecule has 0 spiro atoms. The third-order valence-corrected chi connectivity index (χ3v) is 7.88. The summed E-state index contributed by atoms with van der Waals surface area (Å²) in [6, 6.07) is 14.1. The number of amides is 2. The van der Waals surface area contributed by atoms with Gasteiger partial charge in [0.05, 0.1) is 12.1 Å². The van der Waals surface area contributed by atoms with Gasteiger partial charge in [0.15, 0.2) is 5.69 Å². The van der Waals surface area contributed by atoms with Crippen molar-refractivity contribution in [1.82, 2.24) is 20.0 Å². The van der Waals surface area contributed by atoms with Crippen LogP contribution in [0.25, 0.3) is 0 Å². The zero-order chi connectivity index (χ0) is 21.6. The summed E-state index contributed by atoms with van der Waals surface area (Å²) in [6.45, 7) is 4.00. The lowest BCUT2D eigenvalue weighted by molar-refractivity contribution is -0.141. The summed E-state index contributed by atoms with van der Waals surface area (Å²) >= 11 is 0. The van der Waals surface area contributed by atoms with Crippen molar-refractivity contribution in [3.05, 3.63) is 59.9 Å². The first-order valence-electron chi connectivity index (χ1n) is 11.4. The van der Waals surface area contributed by atoms with Crippen molar-refractivity contribution >= 4 is 11.8 Å². The highest BCUT2D eigenvalue weighted by Crippen LogP contribution is 2.55. The van der Waals surface area contributed by atoms with E-state index in [1.54, 1.807) is 25.3 Å². The molecule has 6 nitrogen and oxygen atoms in total. The first-order chi connectivity index (χ1) is 15.0. The van der Waals surface area contributed by atoms with Crippen LogP contribution in [0.3, 0.4) is 0 Å². The Morgan fingerprint density at radius 3 is 2.39 bits per heavy atom. The third-order valence-electron chi connectivity index (χ3n) is 7.88. The van der Waals surface area contributed by atoms with Gasteiger partial charge in [0.2, 0.25) is 5.91 Å². The Morgan fingerprint density at radius 1 is 1.03 bits per heavy atom. The number of likely N-dealkylation sites (tertiary alicyclic amines) is 2. The predicted molar refractivity (Wildman–Crippen MR) is 117 cm³/mol. The average Bonchev–Trinajstić information content (AvgIpc) is 2.93. The highest BCUT2D eigenvalue weighted by atomic mass is 16.2. The van der Waals surface area contributed by atoms with Crippen LogP contribution in [0.4, 0.5) is 0 Å². The first kappa shape index (κ1) is 20.2. The number of aromatic nitrogens is 2. The van der Waals surface area contributed by atoms with Crippen molar-refractivity contribution in [1.29, 1.82) is 0 Å². The van der Waals surface area contributed by atoms with E-state index in [-0.39, 0.29) is 41.4 Å². The van der Waals surface area contributed by atoms with Crippen LogP contribution in [0.1, 0.15) is 62.0 Å². The molecule has 0 radical (unpaired) electrons. The predicted octanol–water partition coefficient (Wildman–Crippen LogP) is 3.48. The molecule has 2 bridgehead atoms. The number of carbonyl (C=O) groups is 2. The number of hydrogen-bond donors (Lipinski definition) is 0. The van der Waals surface area contributed by atoms with Crippen molar-refractivity contribution in [2.45, 2.75) is 76.5 Å². The van der Waals surface area contributed by atoms with E-state index in [2.05, 4.69) is 39.1 Å². The summed E-state index contributed by atoms with van der Waals surface area (Å²) in [6.07, 6.45) is 7.47. The average molecular weight is 419 g/mol. The summed E-state index contributed by atoms with van der Waals surface area (Å²) in [5.41, 5.74) is 1.51. The molecule has 2 saturated heterocycles. The van der Waals surface area contributed by atoms with Crippen molar-refractivity contribution in [2.24, 2.45) is 5.41 Å². The molecule has 162 valence electrons. The van der Waals surface area contributed by atoms with Gasteiger partial charge in [-0.3, -0.25) is 9.59 Å². The second-order valence-electron chi connectivity index (χ2n) is 9.60. The largest absolute Gasteiger partial charge is 0.334 e. The summed E-state index contributed by atoms with van der Waals surface area (Å²) < 4.78 is 0. The van der Waals surface area contributed by atoms with Gasteiger partial charge in [0.25, 0.3) is 5.91 Å². The summed E-state index contributed by atoms with van der Waals surface area (Å²) in [7, 11) is 0. The molecule has 5 rings (SSSR count). The third kappa shape index (κ3) is 3.24. The molecule has 1 aromatic heterocycles. The summed E-state index contributed by atoms with van der Waals surface area (Å²) in [4.78, 5) is 31.0. The van der Waals surface area contributed by atoms with Crippen LogP contribution in [0, 0.1) is 5.41 Å². The summed E-state index contributed by atoms with van der Waals surface area (Å²) in [5, 5.41) is 8.08. The van der Waals surface area contributed by atoms with Crippen molar-refractivity contribution in [3.8, 4) is 0 Å². The topological polar surface area (TPSA) is 66.4 Å². The standard InChI is InChI=1S/C25H30N4O2/c1-17(30)28-20(15-18-9-4-3-5-10-18)21-16-25(2)22(28)12-6-7-13-23(25)29(21)24(31)19-11-8-14-26-27-19/h3-5,8-11,14,20-23H,6-7,12-13,15-16H2,1-2H3/t20-,21+,22-,23+,25-/m1/s1. The Morgan fingerprint density at radius 2 is 1.74 bits per heavy atom. The molecule has 2 aliphatic heterocycles. The molecule has 5 atom stereocenters. The number of benzene rings is 1. The lowest BCUT2D eigenvalue weighted by atomic mass is 9.69. The number of piperidine rings is 1. The molecule has 3 heterocycles. The van der Waals surface area contributed by atoms with Crippen LogP contribution >= 0.6 is 0 Å². The molecular weight excluding hydrogens is 388 g/mol. The van der Waals surface area contributed by atoms with E-state index in [0.717, 1.165) is 38.5 Å². The number of nitrogens with zero attached hydrogens (tertiary/aromatic N) is 4. The fraction of sp³-hybridized carbons (Fsp3) is 0.520. The minimum atomic E-state index is -0.0854. The van der Waals surface area contributed by atoms with Gasteiger partial charge in [-0.2, -0.15) is 5.10 Å². The Hall–Kier alpha value is -2.76. The van der Waals surface area contributed by atoms with Crippen LogP contribution in [-0.4, -0.2) is 56.0 Å². The SMILES string of the molecule is CC(=O)N1[C@H](Cc2ccccc2)[C@@H]2C[C@@]3(C)[C@H](CCCC[C@@H]13)N2C(=O)c1cccnn1. The molecule has 0 N–H and O–H groups in total. The van der Waals surface area contributed by atoms with Gasteiger partial charge < -0.3 is 9.80 Å². The minimum absolute atomic E-state index is 0.0111. The lowest BCUT2D eigenvalue weighted by Crippen LogP contribution is -2.61. The second-order valence-corrected chi connectivity index (χ2v) is 9.60. The van der Waals surface area contributed by atoms with Crippen LogP contribution in [0.2, 0.25) is 0 Å². The molecule has 1 saturated carbocycles. The Labute approximate surface area is 183 Å².